The topological polar surface area (TPSA) is 26.3 Å². The second-order valence-corrected chi connectivity index (χ2v) is 4.89. The molecule has 0 spiro atoms. The third-order valence-corrected chi connectivity index (χ3v) is 3.44. The number of Topliss-reactive ketones (excluding diaryl/α,β-unsaturated/α-hetero) is 1. The van der Waals surface area contributed by atoms with Crippen LogP contribution in [0.4, 0.5) is 4.39 Å². The zero-order valence-electron chi connectivity index (χ0n) is 9.67. The van der Waals surface area contributed by atoms with Crippen molar-refractivity contribution in [2.75, 3.05) is 6.61 Å². The number of carbonyl (C=O) groups excluding carboxylic acids is 1. The fourth-order valence-corrected chi connectivity index (χ4v) is 2.31. The maximum atomic E-state index is 13.9. The molecule has 0 aromatic heterocycles. The molecule has 1 aliphatic heterocycles. The van der Waals surface area contributed by atoms with Crippen molar-refractivity contribution >= 4 is 5.78 Å². The first kappa shape index (κ1) is 10.8. The summed E-state index contributed by atoms with van der Waals surface area (Å²) in [7, 11) is 0. The van der Waals surface area contributed by atoms with Gasteiger partial charge in [0, 0.05) is 11.5 Å². The molecule has 90 valence electrons. The highest BCUT2D eigenvalue weighted by atomic mass is 19.1. The molecule has 0 N–H and O–H groups in total. The zero-order chi connectivity index (χ0) is 11.8. The van der Waals surface area contributed by atoms with Crippen molar-refractivity contribution in [3.63, 3.8) is 0 Å². The van der Waals surface area contributed by atoms with Gasteiger partial charge >= 0.3 is 0 Å². The van der Waals surface area contributed by atoms with E-state index in [1.807, 2.05) is 6.07 Å². The van der Waals surface area contributed by atoms with E-state index in [0.717, 1.165) is 37.7 Å². The van der Waals surface area contributed by atoms with Gasteiger partial charge in [0.2, 0.25) is 0 Å². The molecule has 2 aliphatic rings. The molecule has 0 saturated heterocycles. The lowest BCUT2D eigenvalue weighted by molar-refractivity contribution is 0.0967. The molecule has 0 radical (unpaired) electrons. The van der Waals surface area contributed by atoms with Crippen molar-refractivity contribution in [2.45, 2.75) is 32.1 Å². The van der Waals surface area contributed by atoms with E-state index in [2.05, 4.69) is 0 Å². The normalized spacial score (nSPS) is 19.1. The second-order valence-electron chi connectivity index (χ2n) is 4.89. The fraction of sp³-hybridized carbons (Fsp3) is 0.500. The van der Waals surface area contributed by atoms with Crippen LogP contribution in [0.25, 0.3) is 0 Å². The van der Waals surface area contributed by atoms with Crippen molar-refractivity contribution in [2.24, 2.45) is 5.92 Å². The lowest BCUT2D eigenvalue weighted by atomic mass is 10.0. The molecule has 0 unspecified atom stereocenters. The van der Waals surface area contributed by atoms with Gasteiger partial charge in [-0.15, -0.1) is 0 Å². The highest BCUT2D eigenvalue weighted by Gasteiger charge is 2.31. The van der Waals surface area contributed by atoms with Crippen molar-refractivity contribution in [3.8, 4) is 5.75 Å². The van der Waals surface area contributed by atoms with Crippen LogP contribution in [0.3, 0.4) is 0 Å². The lowest BCUT2D eigenvalue weighted by Crippen LogP contribution is -2.05. The highest BCUT2D eigenvalue weighted by Crippen LogP contribution is 2.35. The number of rotatable bonds is 2. The van der Waals surface area contributed by atoms with Crippen LogP contribution in [0.15, 0.2) is 12.1 Å². The fourth-order valence-electron chi connectivity index (χ4n) is 2.31. The number of aryl methyl sites for hydroxylation is 1. The molecule has 0 bridgehead atoms. The molecular formula is C14H15FO2. The van der Waals surface area contributed by atoms with Crippen LogP contribution in [0.5, 0.6) is 5.75 Å². The van der Waals surface area contributed by atoms with Gasteiger partial charge in [-0.25, -0.2) is 4.39 Å². The molecule has 1 heterocycles. The first-order chi connectivity index (χ1) is 8.25. The third-order valence-electron chi connectivity index (χ3n) is 3.44. The number of ketones is 1. The summed E-state index contributed by atoms with van der Waals surface area (Å²) in [6.45, 7) is 0.569. The molecule has 0 atom stereocenters. The van der Waals surface area contributed by atoms with Crippen LogP contribution < -0.4 is 4.74 Å². The van der Waals surface area contributed by atoms with E-state index in [1.165, 1.54) is 6.07 Å². The van der Waals surface area contributed by atoms with E-state index >= 15 is 0 Å². The number of carbonyl (C=O) groups is 1. The van der Waals surface area contributed by atoms with Crippen LogP contribution in [0.2, 0.25) is 0 Å². The van der Waals surface area contributed by atoms with E-state index in [-0.39, 0.29) is 17.5 Å². The van der Waals surface area contributed by atoms with Gasteiger partial charge in [-0.2, -0.15) is 0 Å². The molecule has 3 rings (SSSR count). The quantitative estimate of drug-likeness (QED) is 0.735. The second kappa shape index (κ2) is 4.13. The van der Waals surface area contributed by atoms with E-state index < -0.39 is 0 Å². The highest BCUT2D eigenvalue weighted by molar-refractivity contribution is 5.99. The largest absolute Gasteiger partial charge is 0.490 e. The summed E-state index contributed by atoms with van der Waals surface area (Å²) in [6.07, 6.45) is 4.65. The van der Waals surface area contributed by atoms with E-state index in [1.54, 1.807) is 0 Å². The molecule has 1 fully saturated rings. The molecular weight excluding hydrogens is 219 g/mol. The Morgan fingerprint density at radius 2 is 2.12 bits per heavy atom. The summed E-state index contributed by atoms with van der Waals surface area (Å²) in [4.78, 5) is 11.9. The van der Waals surface area contributed by atoms with Crippen molar-refractivity contribution in [1.82, 2.24) is 0 Å². The molecule has 3 heteroatoms. The first-order valence-electron chi connectivity index (χ1n) is 6.25. The Balaban J connectivity index is 1.99. The smallest absolute Gasteiger partial charge is 0.166 e. The Hall–Kier alpha value is -1.38. The summed E-state index contributed by atoms with van der Waals surface area (Å²) >= 11 is 0. The van der Waals surface area contributed by atoms with Crippen LogP contribution >= 0.6 is 0 Å². The first-order valence-corrected chi connectivity index (χ1v) is 6.25. The number of ether oxygens (including phenoxy) is 1. The van der Waals surface area contributed by atoms with Crippen LogP contribution in [0, 0.1) is 11.7 Å². The third kappa shape index (κ3) is 2.06. The average Bonchev–Trinajstić information content (AvgIpc) is 3.14. The predicted octanol–water partition coefficient (Wildman–Crippen LogP) is 3.13. The maximum absolute atomic E-state index is 13.9. The average molecular weight is 234 g/mol. The summed E-state index contributed by atoms with van der Waals surface area (Å²) in [5.74, 6) is 0.207. The molecule has 1 aromatic rings. The van der Waals surface area contributed by atoms with Crippen molar-refractivity contribution in [3.05, 3.63) is 29.1 Å². The Bertz CT molecular complexity index is 464. The molecule has 1 aromatic carbocycles. The van der Waals surface area contributed by atoms with Gasteiger partial charge < -0.3 is 4.74 Å². The van der Waals surface area contributed by atoms with Gasteiger partial charge in [0.25, 0.3) is 0 Å². The summed E-state index contributed by atoms with van der Waals surface area (Å²) in [5, 5.41) is 0. The van der Waals surface area contributed by atoms with Crippen LogP contribution in [0.1, 0.15) is 41.6 Å². The lowest BCUT2D eigenvalue weighted by Gasteiger charge is -2.10. The molecule has 1 saturated carbocycles. The number of hydrogen-bond acceptors (Lipinski definition) is 2. The van der Waals surface area contributed by atoms with E-state index in [9.17, 15) is 9.18 Å². The van der Waals surface area contributed by atoms with Gasteiger partial charge in [0.05, 0.1) is 6.61 Å². The Kier molecular flexibility index (Phi) is 2.61. The van der Waals surface area contributed by atoms with Crippen LogP contribution in [-0.2, 0) is 6.42 Å². The number of hydrogen-bond donors (Lipinski definition) is 0. The minimum atomic E-state index is -0.381. The van der Waals surface area contributed by atoms with Crippen LogP contribution in [-0.4, -0.2) is 12.4 Å². The number of benzene rings is 1. The molecule has 1 aliphatic carbocycles. The van der Waals surface area contributed by atoms with E-state index in [0.29, 0.717) is 17.9 Å². The standard InChI is InChI=1S/C14H15FO2/c15-12-8-11(13(16)9-4-5-9)7-10-3-1-2-6-17-14(10)12/h7-9H,1-6H2. The van der Waals surface area contributed by atoms with Gasteiger partial charge in [0.15, 0.2) is 17.3 Å². The summed E-state index contributed by atoms with van der Waals surface area (Å²) in [5.41, 5.74) is 1.38. The molecule has 2 nitrogen and oxygen atoms in total. The molecule has 17 heavy (non-hydrogen) atoms. The minimum absolute atomic E-state index is 0.0935. The Morgan fingerprint density at radius 3 is 2.88 bits per heavy atom. The Labute approximate surface area is 99.8 Å². The van der Waals surface area contributed by atoms with Crippen molar-refractivity contribution < 1.29 is 13.9 Å². The van der Waals surface area contributed by atoms with Gasteiger partial charge in [-0.05, 0) is 49.8 Å². The maximum Gasteiger partial charge on any atom is 0.166 e. The monoisotopic (exact) mass is 234 g/mol. The van der Waals surface area contributed by atoms with Gasteiger partial charge in [-0.3, -0.25) is 4.79 Å². The zero-order valence-corrected chi connectivity index (χ0v) is 9.67. The molecule has 0 amide bonds. The minimum Gasteiger partial charge on any atom is -0.490 e. The van der Waals surface area contributed by atoms with Crippen molar-refractivity contribution in [1.29, 1.82) is 0 Å². The van der Waals surface area contributed by atoms with E-state index in [4.69, 9.17) is 4.74 Å². The summed E-state index contributed by atoms with van der Waals surface area (Å²) < 4.78 is 19.3. The predicted molar refractivity (Wildman–Crippen MR) is 61.9 cm³/mol. The number of fused-ring (bicyclic) bond motifs is 1. The summed E-state index contributed by atoms with van der Waals surface area (Å²) in [6, 6.07) is 3.16. The SMILES string of the molecule is O=C(c1cc(F)c2c(c1)CCCCO2)C1CC1. The Morgan fingerprint density at radius 1 is 1.29 bits per heavy atom. The van der Waals surface area contributed by atoms with Gasteiger partial charge in [0.1, 0.15) is 0 Å². The number of halogens is 1. The van der Waals surface area contributed by atoms with Gasteiger partial charge in [-0.1, -0.05) is 0 Å².